The molecule has 0 aliphatic rings. The molecular formula is C10H18N2OS. The van der Waals surface area contributed by atoms with Crippen LogP contribution in [0, 0.1) is 6.92 Å². The lowest BCUT2D eigenvalue weighted by atomic mass is 10.1. The Morgan fingerprint density at radius 1 is 1.64 bits per heavy atom. The van der Waals surface area contributed by atoms with Gasteiger partial charge in [0.25, 0.3) is 0 Å². The van der Waals surface area contributed by atoms with Gasteiger partial charge in [-0.05, 0) is 19.8 Å². The van der Waals surface area contributed by atoms with Crippen molar-refractivity contribution in [1.82, 2.24) is 10.3 Å². The van der Waals surface area contributed by atoms with Gasteiger partial charge >= 0.3 is 0 Å². The number of nitrogens with one attached hydrogen (secondary N) is 1. The molecule has 80 valence electrons. The van der Waals surface area contributed by atoms with E-state index in [0.29, 0.717) is 6.04 Å². The van der Waals surface area contributed by atoms with E-state index in [4.69, 9.17) is 5.11 Å². The third-order valence-corrected chi connectivity index (χ3v) is 3.12. The van der Waals surface area contributed by atoms with E-state index in [1.165, 1.54) is 4.88 Å². The molecule has 3 nitrogen and oxygen atoms in total. The van der Waals surface area contributed by atoms with E-state index < -0.39 is 0 Å². The van der Waals surface area contributed by atoms with E-state index >= 15 is 0 Å². The Morgan fingerprint density at radius 3 is 2.93 bits per heavy atom. The van der Waals surface area contributed by atoms with Crippen LogP contribution in [0.5, 0.6) is 0 Å². The minimum Gasteiger partial charge on any atom is -0.396 e. The van der Waals surface area contributed by atoms with Crippen molar-refractivity contribution in [2.24, 2.45) is 0 Å². The lowest BCUT2D eigenvalue weighted by Crippen LogP contribution is -2.28. The van der Waals surface area contributed by atoms with Crippen molar-refractivity contribution in [2.45, 2.75) is 39.3 Å². The first-order valence-electron chi connectivity index (χ1n) is 5.01. The molecule has 1 atom stereocenters. The summed E-state index contributed by atoms with van der Waals surface area (Å²) in [6.45, 7) is 5.27. The first-order valence-corrected chi connectivity index (χ1v) is 5.83. The predicted octanol–water partition coefficient (Wildman–Crippen LogP) is 1.70. The second-order valence-electron chi connectivity index (χ2n) is 3.34. The number of thiazole rings is 1. The summed E-state index contributed by atoms with van der Waals surface area (Å²) in [4.78, 5) is 5.46. The zero-order valence-corrected chi connectivity index (χ0v) is 9.60. The summed E-state index contributed by atoms with van der Waals surface area (Å²) in [5.41, 5.74) is 0. The van der Waals surface area contributed by atoms with Crippen LogP contribution in [0.4, 0.5) is 0 Å². The van der Waals surface area contributed by atoms with Crippen molar-refractivity contribution in [3.8, 4) is 0 Å². The minimum atomic E-state index is 0.257. The highest BCUT2D eigenvalue weighted by Crippen LogP contribution is 2.11. The molecule has 1 unspecified atom stereocenters. The number of aryl methyl sites for hydroxylation is 1. The summed E-state index contributed by atoms with van der Waals surface area (Å²) >= 11 is 1.72. The summed E-state index contributed by atoms with van der Waals surface area (Å²) in [5.74, 6) is 0. The largest absolute Gasteiger partial charge is 0.396 e. The van der Waals surface area contributed by atoms with Crippen molar-refractivity contribution in [3.05, 3.63) is 16.1 Å². The molecule has 0 saturated heterocycles. The molecule has 1 aromatic rings. The maximum Gasteiger partial charge on any atom is 0.0897 e. The Labute approximate surface area is 89.2 Å². The average Bonchev–Trinajstić information content (AvgIpc) is 2.59. The summed E-state index contributed by atoms with van der Waals surface area (Å²) in [6.07, 6.45) is 3.80. The van der Waals surface area contributed by atoms with E-state index in [0.717, 1.165) is 24.4 Å². The molecule has 0 amide bonds. The van der Waals surface area contributed by atoms with Crippen molar-refractivity contribution in [1.29, 1.82) is 0 Å². The number of nitrogens with zero attached hydrogens (tertiary/aromatic N) is 1. The number of aliphatic hydroxyl groups excluding tert-OH is 1. The number of hydrogen-bond donors (Lipinski definition) is 2. The van der Waals surface area contributed by atoms with Crippen LogP contribution in [-0.2, 0) is 6.54 Å². The van der Waals surface area contributed by atoms with Gasteiger partial charge in [0.05, 0.1) is 5.01 Å². The molecule has 14 heavy (non-hydrogen) atoms. The first-order chi connectivity index (χ1) is 6.76. The van der Waals surface area contributed by atoms with Gasteiger partial charge in [-0.1, -0.05) is 6.92 Å². The monoisotopic (exact) mass is 214 g/mol. The highest BCUT2D eigenvalue weighted by Gasteiger charge is 2.05. The minimum absolute atomic E-state index is 0.257. The molecule has 0 bridgehead atoms. The SMILES string of the molecule is CCC(CCO)NCc1cnc(C)s1. The number of aromatic nitrogens is 1. The second-order valence-corrected chi connectivity index (χ2v) is 4.66. The summed E-state index contributed by atoms with van der Waals surface area (Å²) in [5, 5.41) is 13.3. The third kappa shape index (κ3) is 3.74. The van der Waals surface area contributed by atoms with Crippen molar-refractivity contribution >= 4 is 11.3 Å². The van der Waals surface area contributed by atoms with Gasteiger partial charge in [-0.3, -0.25) is 0 Å². The van der Waals surface area contributed by atoms with Crippen LogP contribution in [0.25, 0.3) is 0 Å². The fourth-order valence-electron chi connectivity index (χ4n) is 1.34. The number of hydrogen-bond acceptors (Lipinski definition) is 4. The zero-order chi connectivity index (χ0) is 10.4. The van der Waals surface area contributed by atoms with E-state index in [-0.39, 0.29) is 6.61 Å². The van der Waals surface area contributed by atoms with Crippen LogP contribution in [0.3, 0.4) is 0 Å². The van der Waals surface area contributed by atoms with Crippen LogP contribution in [0.15, 0.2) is 6.20 Å². The van der Waals surface area contributed by atoms with E-state index in [1.54, 1.807) is 11.3 Å². The Kier molecular flexibility index (Phi) is 5.07. The Morgan fingerprint density at radius 2 is 2.43 bits per heavy atom. The summed E-state index contributed by atoms with van der Waals surface area (Å²) in [6, 6.07) is 0.419. The number of aliphatic hydroxyl groups is 1. The van der Waals surface area contributed by atoms with Gasteiger partial charge in [-0.2, -0.15) is 0 Å². The molecule has 2 N–H and O–H groups in total. The fourth-order valence-corrected chi connectivity index (χ4v) is 2.08. The van der Waals surface area contributed by atoms with E-state index in [1.807, 2.05) is 13.1 Å². The molecule has 0 radical (unpaired) electrons. The molecule has 0 saturated carbocycles. The smallest absolute Gasteiger partial charge is 0.0897 e. The number of rotatable bonds is 6. The lowest BCUT2D eigenvalue weighted by molar-refractivity contribution is 0.262. The summed E-state index contributed by atoms with van der Waals surface area (Å²) < 4.78 is 0. The molecule has 1 aromatic heterocycles. The molecule has 0 fully saturated rings. The van der Waals surface area contributed by atoms with E-state index in [9.17, 15) is 0 Å². The van der Waals surface area contributed by atoms with Gasteiger partial charge < -0.3 is 10.4 Å². The Bertz CT molecular complexity index is 262. The Balaban J connectivity index is 2.31. The maximum atomic E-state index is 8.82. The van der Waals surface area contributed by atoms with Crippen LogP contribution >= 0.6 is 11.3 Å². The van der Waals surface area contributed by atoms with Gasteiger partial charge in [-0.25, -0.2) is 4.98 Å². The zero-order valence-electron chi connectivity index (χ0n) is 8.79. The average molecular weight is 214 g/mol. The Hall–Kier alpha value is -0.450. The molecule has 4 heteroatoms. The molecule has 1 rings (SSSR count). The molecule has 0 aliphatic heterocycles. The normalized spacial score (nSPS) is 13.1. The summed E-state index contributed by atoms with van der Waals surface area (Å²) in [7, 11) is 0. The molecule has 0 spiro atoms. The molecule has 0 aromatic carbocycles. The van der Waals surface area contributed by atoms with Gasteiger partial charge in [0.2, 0.25) is 0 Å². The molecular weight excluding hydrogens is 196 g/mol. The van der Waals surface area contributed by atoms with Crippen LogP contribution < -0.4 is 5.32 Å². The van der Waals surface area contributed by atoms with Gasteiger partial charge in [0.1, 0.15) is 0 Å². The van der Waals surface area contributed by atoms with Crippen molar-refractivity contribution in [2.75, 3.05) is 6.61 Å². The topological polar surface area (TPSA) is 45.1 Å². The van der Waals surface area contributed by atoms with Gasteiger partial charge in [0, 0.05) is 30.3 Å². The van der Waals surface area contributed by atoms with Gasteiger partial charge in [0.15, 0.2) is 0 Å². The maximum absolute atomic E-state index is 8.82. The van der Waals surface area contributed by atoms with E-state index in [2.05, 4.69) is 17.2 Å². The standard InChI is InChI=1S/C10H18N2OS/c1-3-9(4-5-13)12-7-10-6-11-8(2)14-10/h6,9,12-13H,3-5,7H2,1-2H3. The molecule has 1 heterocycles. The van der Waals surface area contributed by atoms with Crippen LogP contribution in [-0.4, -0.2) is 22.7 Å². The third-order valence-electron chi connectivity index (χ3n) is 2.20. The van der Waals surface area contributed by atoms with Crippen molar-refractivity contribution < 1.29 is 5.11 Å². The second kappa shape index (κ2) is 6.11. The molecule has 0 aliphatic carbocycles. The lowest BCUT2D eigenvalue weighted by Gasteiger charge is -2.14. The predicted molar refractivity (Wildman–Crippen MR) is 59.5 cm³/mol. The van der Waals surface area contributed by atoms with Gasteiger partial charge in [-0.15, -0.1) is 11.3 Å². The van der Waals surface area contributed by atoms with Crippen LogP contribution in [0.1, 0.15) is 29.7 Å². The first kappa shape index (κ1) is 11.6. The fraction of sp³-hybridized carbons (Fsp3) is 0.700. The van der Waals surface area contributed by atoms with Crippen molar-refractivity contribution in [3.63, 3.8) is 0 Å². The quantitative estimate of drug-likeness (QED) is 0.757. The highest BCUT2D eigenvalue weighted by atomic mass is 32.1. The van der Waals surface area contributed by atoms with Crippen LogP contribution in [0.2, 0.25) is 0 Å². The highest BCUT2D eigenvalue weighted by molar-refractivity contribution is 7.11.